The van der Waals surface area contributed by atoms with Crippen LogP contribution in [0.25, 0.3) is 0 Å². The van der Waals surface area contributed by atoms with Gasteiger partial charge in [0, 0.05) is 44.2 Å². The van der Waals surface area contributed by atoms with Gasteiger partial charge in [-0.3, -0.25) is 4.90 Å². The van der Waals surface area contributed by atoms with Crippen LogP contribution in [-0.2, 0) is 4.74 Å². The highest BCUT2D eigenvalue weighted by atomic mass is 35.5. The molecule has 2 rings (SSSR count). The summed E-state index contributed by atoms with van der Waals surface area (Å²) in [4.78, 5) is 14.2. The fourth-order valence-corrected chi connectivity index (χ4v) is 3.14. The number of rotatable bonds is 5. The van der Waals surface area contributed by atoms with Crippen molar-refractivity contribution < 1.29 is 14.6 Å². The zero-order valence-electron chi connectivity index (χ0n) is 14.0. The number of piperazine rings is 1. The van der Waals surface area contributed by atoms with Crippen molar-refractivity contribution in [2.24, 2.45) is 5.41 Å². The minimum Gasteiger partial charge on any atom is -0.465 e. The number of aliphatic hydroxyl groups is 1. The number of nitrogens with one attached hydrogen (secondary N) is 1. The van der Waals surface area contributed by atoms with Crippen LogP contribution in [0.3, 0.4) is 0 Å². The molecule has 6 heteroatoms. The third kappa shape index (κ3) is 4.67. The van der Waals surface area contributed by atoms with Crippen molar-refractivity contribution in [1.29, 1.82) is 0 Å². The predicted octanol–water partition coefficient (Wildman–Crippen LogP) is 1.86. The third-order valence-electron chi connectivity index (χ3n) is 4.29. The topological polar surface area (TPSA) is 61.8 Å². The van der Waals surface area contributed by atoms with Crippen molar-refractivity contribution in [3.63, 3.8) is 0 Å². The van der Waals surface area contributed by atoms with Gasteiger partial charge in [0.25, 0.3) is 0 Å². The first kappa shape index (κ1) is 19.9. The van der Waals surface area contributed by atoms with Crippen molar-refractivity contribution in [2.75, 3.05) is 39.9 Å². The van der Waals surface area contributed by atoms with Crippen LogP contribution in [0.2, 0.25) is 0 Å². The molecule has 0 aromatic heterocycles. The highest BCUT2D eigenvalue weighted by Crippen LogP contribution is 2.38. The minimum absolute atomic E-state index is 0. The van der Waals surface area contributed by atoms with Gasteiger partial charge in [-0.1, -0.05) is 26.0 Å². The predicted molar refractivity (Wildman–Crippen MR) is 93.1 cm³/mol. The number of benzene rings is 1. The van der Waals surface area contributed by atoms with E-state index in [0.717, 1.165) is 31.7 Å². The quantitative estimate of drug-likeness (QED) is 0.800. The standard InChI is InChI=1S/C17H26N2O3.ClH/c1-17(2,12-20)15(19-9-7-18-8-10-19)13-5-4-6-14(11-13)16(21)22-3;/h4-6,11,15,18,20H,7-10,12H2,1-3H3;1H/t15-;/m0./s1. The summed E-state index contributed by atoms with van der Waals surface area (Å²) in [7, 11) is 1.39. The number of hydrogen-bond acceptors (Lipinski definition) is 5. The zero-order chi connectivity index (χ0) is 16.2. The van der Waals surface area contributed by atoms with Crippen molar-refractivity contribution in [3.8, 4) is 0 Å². The molecule has 1 aromatic rings. The lowest BCUT2D eigenvalue weighted by Crippen LogP contribution is -2.49. The second-order valence-electron chi connectivity index (χ2n) is 6.45. The molecule has 23 heavy (non-hydrogen) atoms. The zero-order valence-corrected chi connectivity index (χ0v) is 14.9. The van der Waals surface area contributed by atoms with Gasteiger partial charge in [-0.25, -0.2) is 4.79 Å². The van der Waals surface area contributed by atoms with Crippen LogP contribution in [-0.4, -0.2) is 55.9 Å². The summed E-state index contributed by atoms with van der Waals surface area (Å²) in [6.07, 6.45) is 0. The maximum absolute atomic E-state index is 11.8. The van der Waals surface area contributed by atoms with E-state index in [0.29, 0.717) is 5.56 Å². The van der Waals surface area contributed by atoms with E-state index in [9.17, 15) is 9.90 Å². The molecular weight excluding hydrogens is 316 g/mol. The summed E-state index contributed by atoms with van der Waals surface area (Å²) in [5, 5.41) is 13.2. The molecule has 1 aliphatic heterocycles. The number of esters is 1. The number of carbonyl (C=O) groups is 1. The molecule has 0 bridgehead atoms. The van der Waals surface area contributed by atoms with Crippen molar-refractivity contribution in [3.05, 3.63) is 35.4 Å². The fourth-order valence-electron chi connectivity index (χ4n) is 3.14. The van der Waals surface area contributed by atoms with Crippen molar-refractivity contribution in [1.82, 2.24) is 10.2 Å². The normalized spacial score (nSPS) is 17.2. The van der Waals surface area contributed by atoms with Crippen LogP contribution >= 0.6 is 12.4 Å². The minimum atomic E-state index is -0.331. The van der Waals surface area contributed by atoms with E-state index in [1.54, 1.807) is 6.07 Å². The third-order valence-corrected chi connectivity index (χ3v) is 4.29. The molecule has 1 saturated heterocycles. The summed E-state index contributed by atoms with van der Waals surface area (Å²) < 4.78 is 4.82. The number of ether oxygens (including phenoxy) is 1. The molecule has 1 aliphatic rings. The molecule has 0 aliphatic carbocycles. The van der Waals surface area contributed by atoms with Gasteiger partial charge in [0.2, 0.25) is 0 Å². The number of methoxy groups -OCH3 is 1. The molecule has 0 saturated carbocycles. The number of carbonyl (C=O) groups excluding carboxylic acids is 1. The maximum Gasteiger partial charge on any atom is 0.337 e. The van der Waals surface area contributed by atoms with E-state index in [2.05, 4.69) is 24.1 Å². The Hall–Kier alpha value is -1.14. The Morgan fingerprint density at radius 1 is 1.39 bits per heavy atom. The van der Waals surface area contributed by atoms with Gasteiger partial charge in [0.05, 0.1) is 12.7 Å². The van der Waals surface area contributed by atoms with Crippen molar-refractivity contribution >= 4 is 18.4 Å². The number of aliphatic hydroxyl groups excluding tert-OH is 1. The van der Waals surface area contributed by atoms with Crippen LogP contribution in [0.4, 0.5) is 0 Å². The van der Waals surface area contributed by atoms with E-state index in [1.165, 1.54) is 7.11 Å². The average Bonchev–Trinajstić information content (AvgIpc) is 2.55. The first-order valence-corrected chi connectivity index (χ1v) is 7.73. The Kier molecular flexibility index (Phi) is 7.48. The molecule has 1 fully saturated rings. The molecule has 0 spiro atoms. The first-order chi connectivity index (χ1) is 10.5. The Labute approximate surface area is 144 Å². The van der Waals surface area contributed by atoms with Gasteiger partial charge >= 0.3 is 5.97 Å². The van der Waals surface area contributed by atoms with E-state index < -0.39 is 0 Å². The van der Waals surface area contributed by atoms with Gasteiger partial charge in [-0.2, -0.15) is 0 Å². The number of nitrogens with zero attached hydrogens (tertiary/aromatic N) is 1. The molecule has 1 heterocycles. The van der Waals surface area contributed by atoms with E-state index in [1.807, 2.05) is 18.2 Å². The average molecular weight is 343 g/mol. The summed E-state index contributed by atoms with van der Waals surface area (Å²) in [6.45, 7) is 7.94. The van der Waals surface area contributed by atoms with Gasteiger partial charge in [0.1, 0.15) is 0 Å². The molecular formula is C17H27ClN2O3. The molecule has 1 aromatic carbocycles. The SMILES string of the molecule is COC(=O)c1cccc([C@H](N2CCNCC2)C(C)(C)CO)c1.Cl. The van der Waals surface area contributed by atoms with Crippen LogP contribution in [0.1, 0.15) is 35.8 Å². The van der Waals surface area contributed by atoms with Crippen molar-refractivity contribution in [2.45, 2.75) is 19.9 Å². The van der Waals surface area contributed by atoms with Gasteiger partial charge in [0.15, 0.2) is 0 Å². The smallest absolute Gasteiger partial charge is 0.337 e. The van der Waals surface area contributed by atoms with Gasteiger partial charge < -0.3 is 15.2 Å². The number of hydrogen-bond donors (Lipinski definition) is 2. The highest BCUT2D eigenvalue weighted by Gasteiger charge is 2.35. The molecule has 130 valence electrons. The summed E-state index contributed by atoms with van der Waals surface area (Å²) in [5.41, 5.74) is 1.30. The Morgan fingerprint density at radius 2 is 2.04 bits per heavy atom. The van der Waals surface area contributed by atoms with E-state index in [4.69, 9.17) is 4.74 Å². The lowest BCUT2D eigenvalue weighted by molar-refractivity contribution is 0.0304. The fraction of sp³-hybridized carbons (Fsp3) is 0.588. The lowest BCUT2D eigenvalue weighted by Gasteiger charge is -2.43. The van der Waals surface area contributed by atoms with E-state index >= 15 is 0 Å². The second-order valence-corrected chi connectivity index (χ2v) is 6.45. The van der Waals surface area contributed by atoms with Crippen LogP contribution in [0, 0.1) is 5.41 Å². The maximum atomic E-state index is 11.8. The summed E-state index contributed by atoms with van der Waals surface area (Å²) in [6, 6.07) is 7.61. The van der Waals surface area contributed by atoms with Crippen LogP contribution in [0.15, 0.2) is 24.3 Å². The molecule has 1 atom stereocenters. The Morgan fingerprint density at radius 3 is 2.61 bits per heavy atom. The monoisotopic (exact) mass is 342 g/mol. The molecule has 0 unspecified atom stereocenters. The molecule has 0 radical (unpaired) electrons. The molecule has 5 nitrogen and oxygen atoms in total. The number of halogens is 1. The molecule has 0 amide bonds. The van der Waals surface area contributed by atoms with Gasteiger partial charge in [-0.05, 0) is 17.7 Å². The largest absolute Gasteiger partial charge is 0.465 e. The van der Waals surface area contributed by atoms with Crippen LogP contribution in [0.5, 0.6) is 0 Å². The Bertz CT molecular complexity index is 516. The second kappa shape index (κ2) is 8.64. The highest BCUT2D eigenvalue weighted by molar-refractivity contribution is 5.89. The lowest BCUT2D eigenvalue weighted by atomic mass is 9.79. The first-order valence-electron chi connectivity index (χ1n) is 7.73. The Balaban J connectivity index is 0.00000264. The van der Waals surface area contributed by atoms with Gasteiger partial charge in [-0.15, -0.1) is 12.4 Å². The van der Waals surface area contributed by atoms with Crippen LogP contribution < -0.4 is 5.32 Å². The summed E-state index contributed by atoms with van der Waals surface area (Å²) >= 11 is 0. The molecule has 2 N–H and O–H groups in total. The summed E-state index contributed by atoms with van der Waals surface area (Å²) in [5.74, 6) is -0.331. The van der Waals surface area contributed by atoms with E-state index in [-0.39, 0.29) is 36.4 Å².